The van der Waals surface area contributed by atoms with E-state index in [4.69, 9.17) is 9.72 Å². The number of carbonyl (C=O) groups is 1. The molecule has 0 bridgehead atoms. The van der Waals surface area contributed by atoms with Crippen molar-refractivity contribution in [2.75, 3.05) is 0 Å². The van der Waals surface area contributed by atoms with E-state index in [2.05, 4.69) is 28.0 Å². The number of halogens is 1. The number of ether oxygens (including phenoxy) is 1. The maximum Gasteiger partial charge on any atom is 0.326 e. The minimum absolute atomic E-state index is 0.103. The summed E-state index contributed by atoms with van der Waals surface area (Å²) in [5, 5.41) is 6.09. The Morgan fingerprint density at radius 3 is 2.71 bits per heavy atom. The van der Waals surface area contributed by atoms with Crippen LogP contribution in [0, 0.1) is 6.92 Å². The summed E-state index contributed by atoms with van der Waals surface area (Å²) in [6.07, 6.45) is 4.05. The largest absolute Gasteiger partial charge is 0.462 e. The molecule has 0 unspecified atom stereocenters. The zero-order valence-corrected chi connectivity index (χ0v) is 22.0. The quantitative estimate of drug-likeness (QED) is 0.217. The number of hydrogen-bond donors (Lipinski definition) is 0. The van der Waals surface area contributed by atoms with Gasteiger partial charge in [-0.15, -0.1) is 0 Å². The van der Waals surface area contributed by atoms with Gasteiger partial charge < -0.3 is 9.30 Å². The number of nitrogens with zero attached hydrogens (tertiary/aromatic N) is 4. The van der Waals surface area contributed by atoms with Gasteiger partial charge in [-0.25, -0.2) is 4.98 Å². The van der Waals surface area contributed by atoms with Gasteiger partial charge >= 0.3 is 5.97 Å². The van der Waals surface area contributed by atoms with Crippen molar-refractivity contribution in [3.63, 3.8) is 0 Å². The molecule has 0 spiro atoms. The average molecular weight is 537 g/mol. The Balaban J connectivity index is 1.83. The molecule has 4 aromatic rings. The van der Waals surface area contributed by atoms with E-state index in [1.54, 1.807) is 12.3 Å². The Morgan fingerprint density at radius 2 is 1.97 bits per heavy atom. The van der Waals surface area contributed by atoms with Crippen molar-refractivity contribution in [2.24, 2.45) is 5.10 Å². The van der Waals surface area contributed by atoms with Crippen LogP contribution in [-0.2, 0) is 22.5 Å². The zero-order chi connectivity index (χ0) is 25.1. The van der Waals surface area contributed by atoms with Crippen LogP contribution >= 0.6 is 15.9 Å². The molecule has 2 heterocycles. The molecule has 0 saturated carbocycles. The smallest absolute Gasteiger partial charge is 0.326 e. The minimum Gasteiger partial charge on any atom is -0.462 e. The number of benzene rings is 2. The minimum atomic E-state index is -0.297. The fraction of sp³-hybridized carbons (Fsp3) is 0.333. The molecule has 0 aliphatic carbocycles. The zero-order valence-electron chi connectivity index (χ0n) is 20.4. The van der Waals surface area contributed by atoms with Gasteiger partial charge in [0.1, 0.15) is 12.4 Å². The van der Waals surface area contributed by atoms with Gasteiger partial charge in [0.2, 0.25) is 0 Å². The lowest BCUT2D eigenvalue weighted by Gasteiger charge is -2.11. The van der Waals surface area contributed by atoms with Crippen LogP contribution in [0.5, 0.6) is 0 Å². The van der Waals surface area contributed by atoms with Crippen LogP contribution in [0.3, 0.4) is 0 Å². The second-order valence-electron chi connectivity index (χ2n) is 8.80. The highest BCUT2D eigenvalue weighted by molar-refractivity contribution is 9.10. The van der Waals surface area contributed by atoms with E-state index in [-0.39, 0.29) is 24.2 Å². The number of hydrogen-bond acceptors (Lipinski definition) is 5. The molecule has 0 N–H and O–H groups in total. The molecule has 2 aromatic heterocycles. The Bertz CT molecular complexity index is 1480. The molecule has 8 heteroatoms. The molecular formula is C27H29BrN4O3. The van der Waals surface area contributed by atoms with Gasteiger partial charge in [0, 0.05) is 33.1 Å². The maximum atomic E-state index is 13.4. The van der Waals surface area contributed by atoms with E-state index in [9.17, 15) is 9.59 Å². The lowest BCUT2D eigenvalue weighted by molar-refractivity contribution is -0.148. The predicted octanol–water partition coefficient (Wildman–Crippen LogP) is 5.60. The fourth-order valence-electron chi connectivity index (χ4n) is 4.18. The van der Waals surface area contributed by atoms with E-state index >= 15 is 0 Å². The van der Waals surface area contributed by atoms with Gasteiger partial charge in [0.25, 0.3) is 5.56 Å². The highest BCUT2D eigenvalue weighted by Gasteiger charge is 2.17. The van der Waals surface area contributed by atoms with Crippen LogP contribution in [0.1, 0.15) is 50.7 Å². The summed E-state index contributed by atoms with van der Waals surface area (Å²) in [7, 11) is 0. The Morgan fingerprint density at radius 1 is 1.20 bits per heavy atom. The van der Waals surface area contributed by atoms with Gasteiger partial charge in [-0.1, -0.05) is 47.5 Å². The standard InChI is InChI=1S/C27H29BrN4O3/c1-5-6-11-25-30-23-13-12-19(28)14-21(23)27(34)32(25)29-15-22-18(4)31(16-26(33)35-17(2)3)24-10-8-7-9-20(22)24/h7-10,12-15,17H,5-6,11,16H2,1-4H3. The molecule has 0 aliphatic heterocycles. The van der Waals surface area contributed by atoms with Crippen molar-refractivity contribution < 1.29 is 9.53 Å². The third kappa shape index (κ3) is 5.22. The third-order valence-electron chi connectivity index (χ3n) is 5.87. The molecule has 2 aromatic carbocycles. The first-order chi connectivity index (χ1) is 16.8. The summed E-state index contributed by atoms with van der Waals surface area (Å²) in [4.78, 5) is 30.6. The van der Waals surface area contributed by atoms with Crippen molar-refractivity contribution in [1.82, 2.24) is 14.2 Å². The molecule has 35 heavy (non-hydrogen) atoms. The molecule has 4 rings (SSSR count). The van der Waals surface area contributed by atoms with Crippen molar-refractivity contribution in [2.45, 2.75) is 59.6 Å². The molecule has 0 aliphatic rings. The van der Waals surface area contributed by atoms with Gasteiger partial charge in [-0.05, 0) is 51.5 Å². The first kappa shape index (κ1) is 24.9. The lowest BCUT2D eigenvalue weighted by Crippen LogP contribution is -2.22. The maximum absolute atomic E-state index is 13.4. The molecule has 7 nitrogen and oxygen atoms in total. The lowest BCUT2D eigenvalue weighted by atomic mass is 10.1. The Hall–Kier alpha value is -3.26. The summed E-state index contributed by atoms with van der Waals surface area (Å²) in [6, 6.07) is 13.3. The van der Waals surface area contributed by atoms with Gasteiger partial charge in [0.05, 0.1) is 23.2 Å². The normalized spacial score (nSPS) is 11.8. The molecular weight excluding hydrogens is 508 g/mol. The molecule has 0 fully saturated rings. The summed E-state index contributed by atoms with van der Waals surface area (Å²) in [6.45, 7) is 7.82. The molecule has 0 atom stereocenters. The van der Waals surface area contributed by atoms with Crippen LogP contribution in [0.2, 0.25) is 0 Å². The summed E-state index contributed by atoms with van der Waals surface area (Å²) < 4.78 is 9.51. The Kier molecular flexibility index (Phi) is 7.50. The van der Waals surface area contributed by atoms with Crippen LogP contribution in [0.15, 0.2) is 56.8 Å². The summed E-state index contributed by atoms with van der Waals surface area (Å²) >= 11 is 3.45. The number of carbonyl (C=O) groups excluding carboxylic acids is 1. The van der Waals surface area contributed by atoms with E-state index < -0.39 is 0 Å². The average Bonchev–Trinajstić information content (AvgIpc) is 3.08. The van der Waals surface area contributed by atoms with E-state index in [0.29, 0.717) is 23.1 Å². The highest BCUT2D eigenvalue weighted by atomic mass is 79.9. The first-order valence-corrected chi connectivity index (χ1v) is 12.6. The summed E-state index contributed by atoms with van der Waals surface area (Å²) in [5.74, 6) is 0.333. The van der Waals surface area contributed by atoms with Crippen LogP contribution in [0.25, 0.3) is 21.8 Å². The monoisotopic (exact) mass is 536 g/mol. The van der Waals surface area contributed by atoms with E-state index in [1.165, 1.54) is 4.68 Å². The second-order valence-corrected chi connectivity index (χ2v) is 9.71. The van der Waals surface area contributed by atoms with Crippen molar-refractivity contribution in [3.05, 3.63) is 74.4 Å². The van der Waals surface area contributed by atoms with Crippen LogP contribution in [0.4, 0.5) is 0 Å². The predicted molar refractivity (Wildman–Crippen MR) is 143 cm³/mol. The number of aromatic nitrogens is 3. The number of rotatable bonds is 8. The second kappa shape index (κ2) is 10.6. The Labute approximate surface area is 212 Å². The molecule has 0 saturated heterocycles. The fourth-order valence-corrected chi connectivity index (χ4v) is 4.54. The van der Waals surface area contributed by atoms with Gasteiger partial charge in [0.15, 0.2) is 0 Å². The number of unbranched alkanes of at least 4 members (excludes halogenated alkanes) is 1. The van der Waals surface area contributed by atoms with Crippen LogP contribution < -0.4 is 5.56 Å². The first-order valence-electron chi connectivity index (χ1n) is 11.8. The number of esters is 1. The number of aryl methyl sites for hydroxylation is 1. The molecule has 0 amide bonds. The van der Waals surface area contributed by atoms with E-state index in [1.807, 2.05) is 61.7 Å². The third-order valence-corrected chi connectivity index (χ3v) is 6.36. The topological polar surface area (TPSA) is 78.5 Å². The van der Waals surface area contributed by atoms with Crippen molar-refractivity contribution in [3.8, 4) is 0 Å². The van der Waals surface area contributed by atoms with E-state index in [0.717, 1.165) is 39.5 Å². The van der Waals surface area contributed by atoms with Gasteiger partial charge in [-0.2, -0.15) is 9.78 Å². The SMILES string of the molecule is CCCCc1nc2ccc(Br)cc2c(=O)n1N=Cc1c(C)n(CC(=O)OC(C)C)c2ccccc12. The number of para-hydroxylation sites is 1. The molecule has 0 radical (unpaired) electrons. The highest BCUT2D eigenvalue weighted by Crippen LogP contribution is 2.25. The van der Waals surface area contributed by atoms with Crippen LogP contribution in [-0.4, -0.2) is 32.5 Å². The summed E-state index contributed by atoms with van der Waals surface area (Å²) in [5.41, 5.74) is 3.08. The van der Waals surface area contributed by atoms with Crippen molar-refractivity contribution >= 4 is 49.9 Å². The van der Waals surface area contributed by atoms with Crippen molar-refractivity contribution in [1.29, 1.82) is 0 Å². The molecule has 182 valence electrons. The van der Waals surface area contributed by atoms with Gasteiger partial charge in [-0.3, -0.25) is 9.59 Å². The number of fused-ring (bicyclic) bond motifs is 2.